The molecule has 1 saturated heterocycles. The van der Waals surface area contributed by atoms with E-state index in [0.717, 1.165) is 31.9 Å². The van der Waals surface area contributed by atoms with Crippen LogP contribution >= 0.6 is 0 Å². The Morgan fingerprint density at radius 3 is 2.50 bits per heavy atom. The molecule has 1 heterocycles. The van der Waals surface area contributed by atoms with Crippen molar-refractivity contribution in [1.29, 1.82) is 0 Å². The lowest BCUT2D eigenvalue weighted by Crippen LogP contribution is -2.48. The number of anilines is 3. The molecule has 0 atom stereocenters. The predicted octanol–water partition coefficient (Wildman–Crippen LogP) is 0.536. The summed E-state index contributed by atoms with van der Waals surface area (Å²) in [6, 6.07) is 5.71. The van der Waals surface area contributed by atoms with Gasteiger partial charge in [0.05, 0.1) is 24.5 Å². The molecule has 0 radical (unpaired) electrons. The summed E-state index contributed by atoms with van der Waals surface area (Å²) >= 11 is 0. The largest absolute Gasteiger partial charge is 0.465 e. The highest BCUT2D eigenvalue weighted by Gasteiger charge is 2.19. The summed E-state index contributed by atoms with van der Waals surface area (Å²) in [5.74, 6) is -0.155. The maximum absolute atomic E-state index is 11.4. The number of nitrogens with two attached hydrogens (primary N) is 2. The smallest absolute Gasteiger partial charge is 0.320 e. The van der Waals surface area contributed by atoms with Gasteiger partial charge in [0.15, 0.2) is 0 Å². The number of esters is 1. The molecule has 1 aliphatic heterocycles. The summed E-state index contributed by atoms with van der Waals surface area (Å²) in [7, 11) is 0. The van der Waals surface area contributed by atoms with Crippen LogP contribution < -0.4 is 16.4 Å². The Balaban J connectivity index is 1.87. The van der Waals surface area contributed by atoms with Crippen molar-refractivity contribution in [3.8, 4) is 0 Å². The number of carbonyl (C=O) groups is 1. The number of hydrogen-bond acceptors (Lipinski definition) is 6. The molecule has 0 spiro atoms. The first kappa shape index (κ1) is 14.5. The van der Waals surface area contributed by atoms with E-state index >= 15 is 0 Å². The molecular weight excluding hydrogens is 256 g/mol. The third kappa shape index (κ3) is 3.54. The Morgan fingerprint density at radius 1 is 1.20 bits per heavy atom. The Kier molecular flexibility index (Phi) is 4.68. The third-order valence-corrected chi connectivity index (χ3v) is 3.47. The molecule has 0 amide bonds. The first-order chi connectivity index (χ1) is 9.60. The van der Waals surface area contributed by atoms with Crippen molar-refractivity contribution >= 4 is 23.0 Å². The van der Waals surface area contributed by atoms with Crippen molar-refractivity contribution in [2.24, 2.45) is 0 Å². The number of rotatable bonds is 4. The minimum absolute atomic E-state index is 0.155. The highest BCUT2D eigenvalue weighted by atomic mass is 16.5. The van der Waals surface area contributed by atoms with Gasteiger partial charge in [-0.1, -0.05) is 0 Å². The zero-order valence-electron chi connectivity index (χ0n) is 11.8. The van der Waals surface area contributed by atoms with E-state index < -0.39 is 0 Å². The van der Waals surface area contributed by atoms with Gasteiger partial charge in [-0.3, -0.25) is 9.69 Å². The van der Waals surface area contributed by atoms with Crippen molar-refractivity contribution in [1.82, 2.24) is 4.90 Å². The van der Waals surface area contributed by atoms with E-state index in [9.17, 15) is 4.79 Å². The second-order valence-corrected chi connectivity index (χ2v) is 4.88. The zero-order chi connectivity index (χ0) is 14.5. The van der Waals surface area contributed by atoms with Crippen LogP contribution in [0.25, 0.3) is 0 Å². The van der Waals surface area contributed by atoms with Crippen LogP contribution in [0.2, 0.25) is 0 Å². The quantitative estimate of drug-likeness (QED) is 0.617. The Labute approximate surface area is 119 Å². The van der Waals surface area contributed by atoms with Crippen LogP contribution in [0.4, 0.5) is 17.1 Å². The predicted molar refractivity (Wildman–Crippen MR) is 80.6 cm³/mol. The van der Waals surface area contributed by atoms with Gasteiger partial charge in [0.2, 0.25) is 0 Å². The third-order valence-electron chi connectivity index (χ3n) is 3.47. The summed E-state index contributed by atoms with van der Waals surface area (Å²) in [5.41, 5.74) is 13.8. The van der Waals surface area contributed by atoms with Crippen LogP contribution in [0.15, 0.2) is 18.2 Å². The zero-order valence-corrected chi connectivity index (χ0v) is 11.8. The molecule has 1 fully saturated rings. The Bertz CT molecular complexity index is 470. The average Bonchev–Trinajstić information content (AvgIpc) is 2.43. The molecule has 0 saturated carbocycles. The van der Waals surface area contributed by atoms with Crippen molar-refractivity contribution in [3.05, 3.63) is 18.2 Å². The second-order valence-electron chi connectivity index (χ2n) is 4.88. The minimum Gasteiger partial charge on any atom is -0.465 e. The summed E-state index contributed by atoms with van der Waals surface area (Å²) in [6.45, 7) is 6.02. The monoisotopic (exact) mass is 278 g/mol. The van der Waals surface area contributed by atoms with Crippen LogP contribution in [0.3, 0.4) is 0 Å². The van der Waals surface area contributed by atoms with Gasteiger partial charge in [0.25, 0.3) is 0 Å². The molecular formula is C14H22N4O2. The molecule has 1 aromatic carbocycles. The Hall–Kier alpha value is -1.95. The SMILES string of the molecule is CCOC(=O)CN1CCN(c2ccc(N)c(N)c2)CC1. The highest BCUT2D eigenvalue weighted by molar-refractivity contribution is 5.72. The summed E-state index contributed by atoms with van der Waals surface area (Å²) in [4.78, 5) is 15.8. The van der Waals surface area contributed by atoms with Crippen molar-refractivity contribution < 1.29 is 9.53 Å². The average molecular weight is 278 g/mol. The standard InChI is InChI=1S/C14H22N4O2/c1-2-20-14(19)10-17-5-7-18(8-6-17)11-3-4-12(15)13(16)9-11/h3-4,9H,2,5-8,10,15-16H2,1H3. The second kappa shape index (κ2) is 6.47. The minimum atomic E-state index is -0.155. The number of ether oxygens (including phenoxy) is 1. The van der Waals surface area contributed by atoms with Gasteiger partial charge in [-0.15, -0.1) is 0 Å². The van der Waals surface area contributed by atoms with Gasteiger partial charge in [0, 0.05) is 31.9 Å². The van der Waals surface area contributed by atoms with E-state index in [4.69, 9.17) is 16.2 Å². The fourth-order valence-electron chi connectivity index (χ4n) is 2.31. The number of nitrogen functional groups attached to an aromatic ring is 2. The molecule has 20 heavy (non-hydrogen) atoms. The highest BCUT2D eigenvalue weighted by Crippen LogP contribution is 2.23. The van der Waals surface area contributed by atoms with Crippen LogP contribution in [-0.4, -0.2) is 50.2 Å². The van der Waals surface area contributed by atoms with Crippen LogP contribution in [0, 0.1) is 0 Å². The summed E-state index contributed by atoms with van der Waals surface area (Å²) < 4.78 is 4.96. The molecule has 0 unspecified atom stereocenters. The summed E-state index contributed by atoms with van der Waals surface area (Å²) in [5, 5.41) is 0. The molecule has 0 aliphatic carbocycles. The molecule has 110 valence electrons. The lowest BCUT2D eigenvalue weighted by atomic mass is 10.2. The summed E-state index contributed by atoms with van der Waals surface area (Å²) in [6.07, 6.45) is 0. The molecule has 1 aliphatic rings. The van der Waals surface area contributed by atoms with Gasteiger partial charge < -0.3 is 21.1 Å². The number of benzene rings is 1. The van der Waals surface area contributed by atoms with E-state index in [2.05, 4.69) is 9.80 Å². The molecule has 4 N–H and O–H groups in total. The molecule has 6 nitrogen and oxygen atoms in total. The van der Waals surface area contributed by atoms with Crippen LogP contribution in [0.1, 0.15) is 6.92 Å². The van der Waals surface area contributed by atoms with Gasteiger partial charge in [-0.2, -0.15) is 0 Å². The van der Waals surface area contributed by atoms with E-state index in [1.165, 1.54) is 0 Å². The molecule has 0 aromatic heterocycles. The van der Waals surface area contributed by atoms with Crippen molar-refractivity contribution in [3.63, 3.8) is 0 Å². The maximum atomic E-state index is 11.4. The van der Waals surface area contributed by atoms with E-state index in [1.54, 1.807) is 0 Å². The topological polar surface area (TPSA) is 84.8 Å². The van der Waals surface area contributed by atoms with Gasteiger partial charge in [-0.25, -0.2) is 0 Å². The van der Waals surface area contributed by atoms with Gasteiger partial charge >= 0.3 is 5.97 Å². The van der Waals surface area contributed by atoms with Crippen molar-refractivity contribution in [2.45, 2.75) is 6.92 Å². The lowest BCUT2D eigenvalue weighted by molar-refractivity contribution is -0.144. The fraction of sp³-hybridized carbons (Fsp3) is 0.500. The fourth-order valence-corrected chi connectivity index (χ4v) is 2.31. The van der Waals surface area contributed by atoms with Crippen LogP contribution in [0.5, 0.6) is 0 Å². The van der Waals surface area contributed by atoms with E-state index in [1.807, 2.05) is 25.1 Å². The van der Waals surface area contributed by atoms with E-state index in [-0.39, 0.29) is 5.97 Å². The van der Waals surface area contributed by atoms with E-state index in [0.29, 0.717) is 24.5 Å². The lowest BCUT2D eigenvalue weighted by Gasteiger charge is -2.35. The first-order valence-electron chi connectivity index (χ1n) is 6.88. The first-order valence-corrected chi connectivity index (χ1v) is 6.88. The molecule has 0 bridgehead atoms. The number of piperazine rings is 1. The molecule has 6 heteroatoms. The number of hydrogen-bond donors (Lipinski definition) is 2. The van der Waals surface area contributed by atoms with Crippen molar-refractivity contribution in [2.75, 3.05) is 55.7 Å². The van der Waals surface area contributed by atoms with Crippen LogP contribution in [-0.2, 0) is 9.53 Å². The maximum Gasteiger partial charge on any atom is 0.320 e. The normalized spacial score (nSPS) is 16.1. The van der Waals surface area contributed by atoms with Gasteiger partial charge in [0.1, 0.15) is 0 Å². The van der Waals surface area contributed by atoms with Gasteiger partial charge in [-0.05, 0) is 25.1 Å². The number of nitrogens with zero attached hydrogens (tertiary/aromatic N) is 2. The molecule has 2 rings (SSSR count). The Morgan fingerprint density at radius 2 is 1.90 bits per heavy atom. The molecule has 1 aromatic rings. The number of carbonyl (C=O) groups excluding carboxylic acids is 1.